The van der Waals surface area contributed by atoms with E-state index in [-0.39, 0.29) is 17.5 Å². The summed E-state index contributed by atoms with van der Waals surface area (Å²) in [6, 6.07) is 20.5. The van der Waals surface area contributed by atoms with Gasteiger partial charge in [-0.25, -0.2) is 0 Å². The first-order chi connectivity index (χ1) is 20.3. The number of hydrogen-bond acceptors (Lipinski definition) is 7. The highest BCUT2D eigenvalue weighted by Gasteiger charge is 2.36. The van der Waals surface area contributed by atoms with E-state index in [1.165, 1.54) is 36.4 Å². The standard InChI is InChI=1S/C33H37N3O5S/c1-23-9-11-25(12-10-23)21-30(38)26-15-18-34(19-16-26)17-5-6-20-41-31-14-13-27(36(39)40)22-28(31)33-35(24(2)37)29-7-3-4-8-32(29)42-33/h3-4,7-14,22,26,33H,5-6,15-21H2,1-2H3. The Kier molecular flexibility index (Phi) is 9.59. The minimum Gasteiger partial charge on any atom is -0.493 e. The number of nitrogens with zero attached hydrogens (tertiary/aromatic N) is 3. The first-order valence-electron chi connectivity index (χ1n) is 14.6. The number of nitro groups is 1. The molecule has 1 fully saturated rings. The number of para-hydroxylation sites is 1. The number of non-ortho nitro benzene ring substituents is 1. The number of fused-ring (bicyclic) bond motifs is 1. The summed E-state index contributed by atoms with van der Waals surface area (Å²) in [6.07, 6.45) is 4.11. The van der Waals surface area contributed by atoms with E-state index < -0.39 is 10.3 Å². The van der Waals surface area contributed by atoms with Crippen molar-refractivity contribution in [2.24, 2.45) is 5.92 Å². The van der Waals surface area contributed by atoms with Gasteiger partial charge in [0.1, 0.15) is 16.9 Å². The SMILES string of the molecule is CC(=O)N1c2ccccc2SC1c1cc([N+](=O)[O-])ccc1OCCCCN1CCC(C(=O)Cc2ccc(C)cc2)CC1. The van der Waals surface area contributed by atoms with Crippen LogP contribution in [-0.4, -0.2) is 47.8 Å². The van der Waals surface area contributed by atoms with Gasteiger partial charge in [-0.05, 0) is 76.0 Å². The zero-order valence-electron chi connectivity index (χ0n) is 24.2. The van der Waals surface area contributed by atoms with Gasteiger partial charge < -0.3 is 9.64 Å². The van der Waals surface area contributed by atoms with Gasteiger partial charge in [0.05, 0.1) is 17.2 Å². The van der Waals surface area contributed by atoms with Gasteiger partial charge in [0.15, 0.2) is 0 Å². The molecule has 2 aliphatic heterocycles. The number of likely N-dealkylation sites (tertiary alicyclic amines) is 1. The molecular formula is C33H37N3O5S. The van der Waals surface area contributed by atoms with Crippen LogP contribution in [0, 0.1) is 23.0 Å². The summed E-state index contributed by atoms with van der Waals surface area (Å²) < 4.78 is 6.18. The lowest BCUT2D eigenvalue weighted by atomic mass is 9.89. The van der Waals surface area contributed by atoms with Crippen LogP contribution in [0.5, 0.6) is 5.75 Å². The number of carbonyl (C=O) groups is 2. The lowest BCUT2D eigenvalue weighted by Crippen LogP contribution is -2.37. The number of Topliss-reactive ketones (excluding diaryl/α,β-unsaturated/α-hetero) is 1. The van der Waals surface area contributed by atoms with Crippen LogP contribution >= 0.6 is 11.8 Å². The van der Waals surface area contributed by atoms with Crippen molar-refractivity contribution in [2.75, 3.05) is 31.1 Å². The second-order valence-corrected chi connectivity index (χ2v) is 12.2. The van der Waals surface area contributed by atoms with Crippen molar-refractivity contribution in [1.29, 1.82) is 0 Å². The maximum atomic E-state index is 12.8. The molecule has 1 unspecified atom stereocenters. The van der Waals surface area contributed by atoms with Gasteiger partial charge in [0, 0.05) is 41.9 Å². The van der Waals surface area contributed by atoms with Gasteiger partial charge in [-0.15, -0.1) is 0 Å². The van der Waals surface area contributed by atoms with E-state index >= 15 is 0 Å². The molecule has 8 nitrogen and oxygen atoms in total. The predicted octanol–water partition coefficient (Wildman–Crippen LogP) is 6.74. The van der Waals surface area contributed by atoms with Crippen LogP contribution in [0.4, 0.5) is 11.4 Å². The molecule has 220 valence electrons. The number of amides is 1. The summed E-state index contributed by atoms with van der Waals surface area (Å²) >= 11 is 1.50. The minimum absolute atomic E-state index is 0.0295. The first-order valence-corrected chi connectivity index (χ1v) is 15.5. The topological polar surface area (TPSA) is 93.0 Å². The number of ketones is 1. The molecule has 0 aliphatic carbocycles. The minimum atomic E-state index is -0.440. The van der Waals surface area contributed by atoms with Gasteiger partial charge in [0.25, 0.3) is 5.69 Å². The molecule has 0 N–H and O–H groups in total. The molecule has 0 aromatic heterocycles. The number of thioether (sulfide) groups is 1. The number of nitro benzene ring substituents is 1. The molecule has 1 atom stereocenters. The van der Waals surface area contributed by atoms with Crippen molar-refractivity contribution in [1.82, 2.24) is 4.90 Å². The Labute approximate surface area is 251 Å². The Hall–Kier alpha value is -3.69. The summed E-state index contributed by atoms with van der Waals surface area (Å²) in [6.45, 7) is 6.84. The normalized spacial score (nSPS) is 17.2. The van der Waals surface area contributed by atoms with E-state index in [1.54, 1.807) is 11.0 Å². The zero-order valence-corrected chi connectivity index (χ0v) is 25.0. The van der Waals surface area contributed by atoms with Gasteiger partial charge in [-0.2, -0.15) is 0 Å². The smallest absolute Gasteiger partial charge is 0.270 e. The van der Waals surface area contributed by atoms with Gasteiger partial charge >= 0.3 is 0 Å². The molecule has 1 amide bonds. The molecule has 3 aromatic rings. The number of anilines is 1. The summed E-state index contributed by atoms with van der Waals surface area (Å²) in [7, 11) is 0. The lowest BCUT2D eigenvalue weighted by Gasteiger charge is -2.31. The van der Waals surface area contributed by atoms with Crippen molar-refractivity contribution in [2.45, 2.75) is 56.2 Å². The van der Waals surface area contributed by atoms with Crippen LogP contribution in [0.3, 0.4) is 0 Å². The molecular weight excluding hydrogens is 550 g/mol. The van der Waals surface area contributed by atoms with Crippen molar-refractivity contribution in [3.63, 3.8) is 0 Å². The van der Waals surface area contributed by atoms with Crippen LogP contribution in [-0.2, 0) is 16.0 Å². The Bertz CT molecular complexity index is 1440. The summed E-state index contributed by atoms with van der Waals surface area (Å²) in [5, 5.41) is 11.1. The maximum Gasteiger partial charge on any atom is 0.270 e. The number of hydrogen-bond donors (Lipinski definition) is 0. The highest BCUT2D eigenvalue weighted by Crippen LogP contribution is 2.53. The molecule has 9 heteroatoms. The maximum absolute atomic E-state index is 12.8. The van der Waals surface area contributed by atoms with E-state index in [0.29, 0.717) is 30.1 Å². The molecule has 5 rings (SSSR count). The third-order valence-electron chi connectivity index (χ3n) is 8.08. The summed E-state index contributed by atoms with van der Waals surface area (Å²) in [4.78, 5) is 41.6. The third-order valence-corrected chi connectivity index (χ3v) is 9.36. The Balaban J connectivity index is 1.12. The quantitative estimate of drug-likeness (QED) is 0.139. The average Bonchev–Trinajstić information content (AvgIpc) is 3.38. The van der Waals surface area contributed by atoms with Gasteiger partial charge in [0.2, 0.25) is 5.91 Å². The molecule has 2 aliphatic rings. The van der Waals surface area contributed by atoms with E-state index in [1.807, 2.05) is 24.3 Å². The number of ether oxygens (including phenoxy) is 1. The van der Waals surface area contributed by atoms with Crippen molar-refractivity contribution in [3.05, 3.63) is 93.5 Å². The first kappa shape index (κ1) is 29.8. The van der Waals surface area contributed by atoms with E-state index in [9.17, 15) is 19.7 Å². The summed E-state index contributed by atoms with van der Waals surface area (Å²) in [5.41, 5.74) is 3.69. The second-order valence-electron chi connectivity index (χ2n) is 11.1. The molecule has 0 radical (unpaired) electrons. The van der Waals surface area contributed by atoms with Crippen molar-refractivity contribution < 1.29 is 19.2 Å². The second kappa shape index (κ2) is 13.5. The van der Waals surface area contributed by atoms with Gasteiger partial charge in [-0.3, -0.25) is 24.6 Å². The molecule has 0 spiro atoms. The number of unbranched alkanes of at least 4 members (excludes halogenated alkanes) is 1. The number of rotatable bonds is 11. The van der Waals surface area contributed by atoms with Crippen LogP contribution in [0.1, 0.15) is 54.7 Å². The number of aryl methyl sites for hydroxylation is 1. The monoisotopic (exact) mass is 587 g/mol. The lowest BCUT2D eigenvalue weighted by molar-refractivity contribution is -0.384. The number of piperidine rings is 1. The molecule has 2 heterocycles. The average molecular weight is 588 g/mol. The molecule has 1 saturated heterocycles. The van der Waals surface area contributed by atoms with Crippen LogP contribution in [0.2, 0.25) is 0 Å². The fraction of sp³-hybridized carbons (Fsp3) is 0.394. The van der Waals surface area contributed by atoms with Crippen LogP contribution < -0.4 is 9.64 Å². The predicted molar refractivity (Wildman–Crippen MR) is 165 cm³/mol. The fourth-order valence-electron chi connectivity index (χ4n) is 5.72. The third kappa shape index (κ3) is 7.02. The van der Waals surface area contributed by atoms with Crippen molar-refractivity contribution >= 4 is 34.8 Å². The Morgan fingerprint density at radius 2 is 1.76 bits per heavy atom. The van der Waals surface area contributed by atoms with E-state index in [4.69, 9.17) is 4.74 Å². The molecule has 0 saturated carbocycles. The largest absolute Gasteiger partial charge is 0.493 e. The van der Waals surface area contributed by atoms with Crippen molar-refractivity contribution in [3.8, 4) is 5.75 Å². The van der Waals surface area contributed by atoms with E-state index in [0.717, 1.165) is 61.5 Å². The van der Waals surface area contributed by atoms with Crippen LogP contribution in [0.15, 0.2) is 71.6 Å². The Morgan fingerprint density at radius 1 is 1.02 bits per heavy atom. The molecule has 42 heavy (non-hydrogen) atoms. The van der Waals surface area contributed by atoms with Crippen LogP contribution in [0.25, 0.3) is 0 Å². The fourth-order valence-corrected chi connectivity index (χ4v) is 7.08. The highest BCUT2D eigenvalue weighted by molar-refractivity contribution is 8.00. The number of carbonyl (C=O) groups excluding carboxylic acids is 2. The van der Waals surface area contributed by atoms with E-state index in [2.05, 4.69) is 36.1 Å². The number of benzene rings is 3. The summed E-state index contributed by atoms with van der Waals surface area (Å²) in [5.74, 6) is 0.916. The molecule has 3 aromatic carbocycles. The van der Waals surface area contributed by atoms with Gasteiger partial charge in [-0.1, -0.05) is 53.7 Å². The Morgan fingerprint density at radius 3 is 2.48 bits per heavy atom. The molecule has 0 bridgehead atoms. The zero-order chi connectivity index (χ0) is 29.6. The highest BCUT2D eigenvalue weighted by atomic mass is 32.2.